The smallest absolute Gasteiger partial charge is 0.306 e. The number of carboxylic acids is 1. The first-order valence-corrected chi connectivity index (χ1v) is 17.4. The van der Waals surface area contributed by atoms with Gasteiger partial charge in [0.2, 0.25) is 0 Å². The van der Waals surface area contributed by atoms with Gasteiger partial charge in [0, 0.05) is 12.1 Å². The van der Waals surface area contributed by atoms with Gasteiger partial charge in [-0.05, 0) is 146 Å². The Morgan fingerprint density at radius 3 is 2.36 bits per heavy atom. The fourth-order valence-electron chi connectivity index (χ4n) is 13.2. The summed E-state index contributed by atoms with van der Waals surface area (Å²) in [6.45, 7) is 20.8. The summed E-state index contributed by atoms with van der Waals surface area (Å²) in [5, 5.41) is 23.3. The van der Waals surface area contributed by atoms with Crippen molar-refractivity contribution in [2.75, 3.05) is 13.2 Å². The van der Waals surface area contributed by atoms with Gasteiger partial charge in [-0.1, -0.05) is 58.9 Å². The molecule has 6 aliphatic rings. The number of hydrogen-bond donors (Lipinski definition) is 3. The molecule has 0 saturated heterocycles. The molecule has 4 nitrogen and oxygen atoms in total. The minimum Gasteiger partial charge on any atom is -0.481 e. The third-order valence-corrected chi connectivity index (χ3v) is 15.3. The lowest BCUT2D eigenvalue weighted by Crippen LogP contribution is -2.68. The zero-order valence-electron chi connectivity index (χ0n) is 27.5. The standard InChI is InChI=1S/C38H59NO3/c1-24(2)27-14-19-38(39-22-23-40)21-20-36(6)29(32(27)38)12-13-31-35(5)17-15-28(25-8-10-26(11-9-25)33(41)42)34(3,4)30(35)16-18-37(31,36)7/h8,15,26-27,29-32,39-40H,1,9-14,16-23H2,2-7H3,(H,41,42)/t26-,27+,29-,30+,31-,32-,35+,36-,37-,38+/m1/s1. The van der Waals surface area contributed by atoms with Crippen molar-refractivity contribution >= 4 is 5.97 Å². The second kappa shape index (κ2) is 10.3. The number of aliphatic carboxylic acids is 1. The number of carbonyl (C=O) groups is 1. The summed E-state index contributed by atoms with van der Waals surface area (Å²) < 4.78 is 0. The zero-order valence-corrected chi connectivity index (χ0v) is 27.5. The molecule has 6 rings (SSSR count). The number of allylic oxidation sites excluding steroid dienone is 5. The highest BCUT2D eigenvalue weighted by Crippen LogP contribution is 2.76. The van der Waals surface area contributed by atoms with Gasteiger partial charge in [-0.15, -0.1) is 0 Å². The SMILES string of the molecule is C=C(C)[C@@H]1CC[C@]2(NCCO)CC[C@]3(C)[C@H](CC[C@@H]4[C@@]5(C)CC=C(C6=CC[C@@H](C(=O)O)CC6)C(C)(C)[C@@H]5CC[C@]43C)[C@@H]12. The van der Waals surface area contributed by atoms with Crippen LogP contribution in [0.15, 0.2) is 35.5 Å². The molecule has 0 aliphatic heterocycles. The van der Waals surface area contributed by atoms with Crippen molar-refractivity contribution < 1.29 is 15.0 Å². The van der Waals surface area contributed by atoms with Gasteiger partial charge in [-0.25, -0.2) is 0 Å². The number of nitrogens with one attached hydrogen (secondary N) is 1. The van der Waals surface area contributed by atoms with Crippen LogP contribution in [0, 0.1) is 57.2 Å². The summed E-state index contributed by atoms with van der Waals surface area (Å²) in [7, 11) is 0. The predicted molar refractivity (Wildman–Crippen MR) is 171 cm³/mol. The van der Waals surface area contributed by atoms with E-state index in [0.717, 1.165) is 25.2 Å². The Labute approximate surface area is 255 Å². The number of hydrogen-bond acceptors (Lipinski definition) is 3. The number of carboxylic acid groups (broad SMARTS) is 1. The topological polar surface area (TPSA) is 69.6 Å². The molecule has 4 heteroatoms. The third kappa shape index (κ3) is 4.16. The summed E-state index contributed by atoms with van der Waals surface area (Å²) in [5.41, 5.74) is 5.56. The van der Waals surface area contributed by atoms with Crippen molar-refractivity contribution in [3.05, 3.63) is 35.5 Å². The van der Waals surface area contributed by atoms with Gasteiger partial charge in [0.25, 0.3) is 0 Å². The van der Waals surface area contributed by atoms with Crippen LogP contribution in [0.5, 0.6) is 0 Å². The quantitative estimate of drug-likeness (QED) is 0.278. The summed E-state index contributed by atoms with van der Waals surface area (Å²) in [5.74, 6) is 2.46. The van der Waals surface area contributed by atoms with Gasteiger partial charge in [0.15, 0.2) is 0 Å². The summed E-state index contributed by atoms with van der Waals surface area (Å²) in [6, 6.07) is 0. The van der Waals surface area contributed by atoms with E-state index in [1.165, 1.54) is 68.1 Å². The number of fused-ring (bicyclic) bond motifs is 7. The number of rotatable bonds is 6. The molecule has 0 amide bonds. The van der Waals surface area contributed by atoms with Gasteiger partial charge >= 0.3 is 5.97 Å². The molecule has 0 heterocycles. The van der Waals surface area contributed by atoms with Crippen LogP contribution in [0.2, 0.25) is 0 Å². The van der Waals surface area contributed by atoms with E-state index < -0.39 is 5.97 Å². The molecule has 42 heavy (non-hydrogen) atoms. The highest BCUT2D eigenvalue weighted by atomic mass is 16.4. The summed E-state index contributed by atoms with van der Waals surface area (Å²) in [6.07, 6.45) is 18.7. The van der Waals surface area contributed by atoms with E-state index in [-0.39, 0.29) is 23.5 Å². The van der Waals surface area contributed by atoms with Crippen LogP contribution in [-0.4, -0.2) is 34.9 Å². The Kier molecular flexibility index (Phi) is 7.53. The molecule has 0 aromatic heterocycles. The fourth-order valence-corrected chi connectivity index (χ4v) is 13.2. The molecule has 3 N–H and O–H groups in total. The van der Waals surface area contributed by atoms with Crippen molar-refractivity contribution in [2.45, 2.75) is 124 Å². The summed E-state index contributed by atoms with van der Waals surface area (Å²) >= 11 is 0. The molecule has 10 atom stereocenters. The molecule has 0 unspecified atom stereocenters. The van der Waals surface area contributed by atoms with Gasteiger partial charge in [0.05, 0.1) is 12.5 Å². The van der Waals surface area contributed by atoms with Gasteiger partial charge < -0.3 is 15.5 Å². The van der Waals surface area contributed by atoms with E-state index >= 15 is 0 Å². The summed E-state index contributed by atoms with van der Waals surface area (Å²) in [4.78, 5) is 11.6. The minimum absolute atomic E-state index is 0.112. The Morgan fingerprint density at radius 1 is 0.952 bits per heavy atom. The second-order valence-electron chi connectivity index (χ2n) is 17.1. The highest BCUT2D eigenvalue weighted by Gasteiger charge is 2.70. The number of aliphatic hydroxyl groups is 1. The molecular formula is C38H59NO3. The van der Waals surface area contributed by atoms with Crippen LogP contribution in [-0.2, 0) is 4.79 Å². The Balaban J connectivity index is 1.33. The van der Waals surface area contributed by atoms with E-state index in [9.17, 15) is 15.0 Å². The largest absolute Gasteiger partial charge is 0.481 e. The van der Waals surface area contributed by atoms with E-state index in [1.54, 1.807) is 0 Å². The van der Waals surface area contributed by atoms with Gasteiger partial charge in [-0.3, -0.25) is 4.79 Å². The molecule has 0 bridgehead atoms. The van der Waals surface area contributed by atoms with E-state index in [2.05, 4.69) is 65.6 Å². The van der Waals surface area contributed by atoms with Crippen LogP contribution in [0.3, 0.4) is 0 Å². The zero-order chi connectivity index (χ0) is 30.3. The Hall–Kier alpha value is -1.39. The first-order chi connectivity index (χ1) is 19.7. The van der Waals surface area contributed by atoms with Crippen LogP contribution >= 0.6 is 0 Å². The van der Waals surface area contributed by atoms with E-state index in [4.69, 9.17) is 0 Å². The fraction of sp³-hybridized carbons (Fsp3) is 0.816. The number of β-amino-alcohol motifs (C(OH)–C–C–N with tert-alkyl or cyclic N) is 1. The molecule has 6 aliphatic carbocycles. The molecule has 4 saturated carbocycles. The lowest BCUT2D eigenvalue weighted by Gasteiger charge is -2.72. The van der Waals surface area contributed by atoms with E-state index in [0.29, 0.717) is 52.9 Å². The van der Waals surface area contributed by atoms with Gasteiger partial charge in [-0.2, -0.15) is 0 Å². The van der Waals surface area contributed by atoms with Crippen LogP contribution in [0.25, 0.3) is 0 Å². The maximum Gasteiger partial charge on any atom is 0.306 e. The number of aliphatic hydroxyl groups excluding tert-OH is 1. The van der Waals surface area contributed by atoms with Crippen molar-refractivity contribution in [3.63, 3.8) is 0 Å². The normalized spacial score (nSPS) is 47.7. The molecule has 0 radical (unpaired) electrons. The molecule has 0 spiro atoms. The van der Waals surface area contributed by atoms with Crippen molar-refractivity contribution in [1.82, 2.24) is 5.32 Å². The lowest BCUT2D eigenvalue weighted by atomic mass is 9.33. The third-order valence-electron chi connectivity index (χ3n) is 15.3. The minimum atomic E-state index is -0.637. The highest BCUT2D eigenvalue weighted by molar-refractivity contribution is 5.70. The molecule has 0 aromatic rings. The first-order valence-electron chi connectivity index (χ1n) is 17.4. The maximum atomic E-state index is 11.6. The Morgan fingerprint density at radius 2 is 1.71 bits per heavy atom. The maximum absolute atomic E-state index is 11.6. The molecule has 4 fully saturated rings. The molecule has 0 aromatic carbocycles. The Bertz CT molecular complexity index is 1180. The van der Waals surface area contributed by atoms with E-state index in [1.807, 2.05) is 0 Å². The average Bonchev–Trinajstić information content (AvgIpc) is 3.32. The van der Waals surface area contributed by atoms with Crippen LogP contribution in [0.4, 0.5) is 0 Å². The second-order valence-corrected chi connectivity index (χ2v) is 17.1. The van der Waals surface area contributed by atoms with Crippen LogP contribution in [0.1, 0.15) is 119 Å². The van der Waals surface area contributed by atoms with Crippen LogP contribution < -0.4 is 5.32 Å². The van der Waals surface area contributed by atoms with Crippen molar-refractivity contribution in [2.24, 2.45) is 57.2 Å². The molecular weight excluding hydrogens is 518 g/mol. The van der Waals surface area contributed by atoms with Gasteiger partial charge in [0.1, 0.15) is 0 Å². The van der Waals surface area contributed by atoms with Crippen molar-refractivity contribution in [3.8, 4) is 0 Å². The average molecular weight is 578 g/mol. The monoisotopic (exact) mass is 577 g/mol. The predicted octanol–water partition coefficient (Wildman–Crippen LogP) is 8.33. The van der Waals surface area contributed by atoms with Crippen molar-refractivity contribution in [1.29, 1.82) is 0 Å². The molecule has 234 valence electrons. The lowest BCUT2D eigenvalue weighted by molar-refractivity contribution is -0.221. The first kappa shape index (κ1) is 30.6.